The van der Waals surface area contributed by atoms with Crippen molar-refractivity contribution in [3.8, 4) is 0 Å². The Hall–Kier alpha value is -2.69. The number of carbonyl (C=O) groups is 2. The topological polar surface area (TPSA) is 53.5 Å². The molecule has 1 aromatic carbocycles. The molecule has 3 heterocycles. The van der Waals surface area contributed by atoms with Crippen LogP contribution >= 0.6 is 0 Å². The first-order valence-electron chi connectivity index (χ1n) is 9.80. The first-order valence-corrected chi connectivity index (χ1v) is 9.80. The number of amides is 2. The van der Waals surface area contributed by atoms with Crippen molar-refractivity contribution in [2.24, 2.45) is 0 Å². The monoisotopic (exact) mass is 363 g/mol. The van der Waals surface area contributed by atoms with Gasteiger partial charge in [-0.25, -0.2) is 0 Å². The standard InChI is InChI=1S/C22H25N3O2/c26-21(25-14-4-3-10-20(25)17-8-5-12-23-15-17)11-6-13-24-16-18-7-1-2-9-19(18)22(24)27/h1-2,5,7-9,12,15,20H,3-4,6,10-11,13-14,16H2. The van der Waals surface area contributed by atoms with Crippen LogP contribution in [0.2, 0.25) is 0 Å². The minimum atomic E-state index is 0.0873. The third-order valence-electron chi connectivity index (χ3n) is 5.61. The number of piperidine rings is 1. The molecule has 0 bridgehead atoms. The molecular weight excluding hydrogens is 338 g/mol. The third-order valence-corrected chi connectivity index (χ3v) is 5.61. The summed E-state index contributed by atoms with van der Waals surface area (Å²) in [5.74, 6) is 0.275. The first-order chi connectivity index (χ1) is 13.2. The molecule has 5 heteroatoms. The summed E-state index contributed by atoms with van der Waals surface area (Å²) in [4.78, 5) is 33.4. The van der Waals surface area contributed by atoms with Crippen LogP contribution in [-0.4, -0.2) is 39.7 Å². The van der Waals surface area contributed by atoms with Crippen molar-refractivity contribution in [2.75, 3.05) is 13.1 Å². The van der Waals surface area contributed by atoms with E-state index in [9.17, 15) is 9.59 Å². The van der Waals surface area contributed by atoms with Crippen LogP contribution < -0.4 is 0 Å². The molecule has 2 aliphatic heterocycles. The predicted molar refractivity (Wildman–Crippen MR) is 103 cm³/mol. The maximum absolute atomic E-state index is 12.9. The number of pyridine rings is 1. The number of aromatic nitrogens is 1. The minimum absolute atomic E-state index is 0.0873. The molecule has 2 amide bonds. The summed E-state index contributed by atoms with van der Waals surface area (Å²) in [6, 6.07) is 11.9. The van der Waals surface area contributed by atoms with Gasteiger partial charge in [0.1, 0.15) is 0 Å². The molecule has 1 aromatic heterocycles. The zero-order valence-electron chi connectivity index (χ0n) is 15.5. The molecule has 27 heavy (non-hydrogen) atoms. The fourth-order valence-corrected chi connectivity index (χ4v) is 4.21. The van der Waals surface area contributed by atoms with Gasteiger partial charge in [-0.2, -0.15) is 0 Å². The van der Waals surface area contributed by atoms with Crippen LogP contribution in [0.15, 0.2) is 48.8 Å². The van der Waals surface area contributed by atoms with Gasteiger partial charge in [-0.1, -0.05) is 24.3 Å². The van der Waals surface area contributed by atoms with Gasteiger partial charge in [0.25, 0.3) is 5.91 Å². The lowest BCUT2D eigenvalue weighted by Gasteiger charge is -2.36. The van der Waals surface area contributed by atoms with Crippen LogP contribution in [0.4, 0.5) is 0 Å². The van der Waals surface area contributed by atoms with Gasteiger partial charge < -0.3 is 9.80 Å². The fourth-order valence-electron chi connectivity index (χ4n) is 4.21. The van der Waals surface area contributed by atoms with E-state index in [2.05, 4.69) is 11.1 Å². The highest BCUT2D eigenvalue weighted by Gasteiger charge is 2.29. The molecule has 1 saturated heterocycles. The fraction of sp³-hybridized carbons (Fsp3) is 0.409. The number of carbonyl (C=O) groups excluding carboxylic acids is 2. The van der Waals surface area contributed by atoms with Gasteiger partial charge in [0.05, 0.1) is 6.04 Å². The molecule has 5 nitrogen and oxygen atoms in total. The Morgan fingerprint density at radius 2 is 2.04 bits per heavy atom. The van der Waals surface area contributed by atoms with Crippen LogP contribution in [0.5, 0.6) is 0 Å². The molecular formula is C22H25N3O2. The van der Waals surface area contributed by atoms with Gasteiger partial charge in [-0.05, 0) is 48.9 Å². The third kappa shape index (κ3) is 3.72. The number of benzene rings is 1. The second kappa shape index (κ2) is 7.91. The second-order valence-electron chi connectivity index (χ2n) is 7.37. The number of hydrogen-bond donors (Lipinski definition) is 0. The van der Waals surface area contributed by atoms with Gasteiger partial charge >= 0.3 is 0 Å². The second-order valence-corrected chi connectivity index (χ2v) is 7.37. The SMILES string of the molecule is O=C1c2ccccc2CN1CCCC(=O)N1CCCCC1c1cccnc1. The Balaban J connectivity index is 1.33. The average Bonchev–Trinajstić information content (AvgIpc) is 3.04. The normalized spacial score (nSPS) is 19.3. The molecule has 4 rings (SSSR count). The highest BCUT2D eigenvalue weighted by atomic mass is 16.2. The number of hydrogen-bond acceptors (Lipinski definition) is 3. The molecule has 0 saturated carbocycles. The number of likely N-dealkylation sites (tertiary alicyclic amines) is 1. The summed E-state index contributed by atoms with van der Waals surface area (Å²) < 4.78 is 0. The van der Waals surface area contributed by atoms with E-state index >= 15 is 0 Å². The van der Waals surface area contributed by atoms with Crippen molar-refractivity contribution in [1.29, 1.82) is 0 Å². The maximum Gasteiger partial charge on any atom is 0.254 e. The van der Waals surface area contributed by atoms with Gasteiger partial charge in [0, 0.05) is 44.0 Å². The van der Waals surface area contributed by atoms with E-state index in [1.165, 1.54) is 0 Å². The Bertz CT molecular complexity index is 821. The quantitative estimate of drug-likeness (QED) is 0.816. The zero-order chi connectivity index (χ0) is 18.6. The van der Waals surface area contributed by atoms with Crippen LogP contribution in [-0.2, 0) is 11.3 Å². The maximum atomic E-state index is 12.9. The van der Waals surface area contributed by atoms with E-state index in [1.54, 1.807) is 6.20 Å². The molecule has 0 spiro atoms. The molecule has 0 N–H and O–H groups in total. The highest BCUT2D eigenvalue weighted by Crippen LogP contribution is 2.31. The van der Waals surface area contributed by atoms with Gasteiger partial charge in [-0.3, -0.25) is 14.6 Å². The van der Waals surface area contributed by atoms with E-state index in [-0.39, 0.29) is 17.9 Å². The Labute approximate surface area is 160 Å². The van der Waals surface area contributed by atoms with E-state index in [0.29, 0.717) is 25.9 Å². The van der Waals surface area contributed by atoms with Crippen molar-refractivity contribution >= 4 is 11.8 Å². The smallest absolute Gasteiger partial charge is 0.254 e. The molecule has 0 radical (unpaired) electrons. The van der Waals surface area contributed by atoms with E-state index in [1.807, 2.05) is 46.3 Å². The van der Waals surface area contributed by atoms with Gasteiger partial charge in [0.15, 0.2) is 0 Å². The molecule has 1 unspecified atom stereocenters. The van der Waals surface area contributed by atoms with E-state index < -0.39 is 0 Å². The van der Waals surface area contributed by atoms with Crippen LogP contribution in [0.25, 0.3) is 0 Å². The van der Waals surface area contributed by atoms with Crippen LogP contribution in [0.1, 0.15) is 59.6 Å². The zero-order valence-corrected chi connectivity index (χ0v) is 15.5. The molecule has 2 aliphatic rings. The number of nitrogens with zero attached hydrogens (tertiary/aromatic N) is 3. The van der Waals surface area contributed by atoms with Gasteiger partial charge in [0.2, 0.25) is 5.91 Å². The number of rotatable bonds is 5. The molecule has 1 atom stereocenters. The summed E-state index contributed by atoms with van der Waals surface area (Å²) >= 11 is 0. The van der Waals surface area contributed by atoms with Crippen molar-refractivity contribution in [2.45, 2.75) is 44.7 Å². The van der Waals surface area contributed by atoms with Crippen molar-refractivity contribution < 1.29 is 9.59 Å². The van der Waals surface area contributed by atoms with Crippen molar-refractivity contribution in [3.63, 3.8) is 0 Å². The van der Waals surface area contributed by atoms with Crippen molar-refractivity contribution in [3.05, 3.63) is 65.5 Å². The molecule has 1 fully saturated rings. The lowest BCUT2D eigenvalue weighted by Crippen LogP contribution is -2.38. The summed E-state index contributed by atoms with van der Waals surface area (Å²) in [6.45, 7) is 2.10. The van der Waals surface area contributed by atoms with Crippen molar-refractivity contribution in [1.82, 2.24) is 14.8 Å². The van der Waals surface area contributed by atoms with Crippen LogP contribution in [0, 0.1) is 0 Å². The lowest BCUT2D eigenvalue weighted by molar-refractivity contribution is -0.135. The molecule has 0 aliphatic carbocycles. The summed E-state index contributed by atoms with van der Waals surface area (Å²) in [7, 11) is 0. The summed E-state index contributed by atoms with van der Waals surface area (Å²) in [6.07, 6.45) is 8.02. The largest absolute Gasteiger partial charge is 0.336 e. The average molecular weight is 363 g/mol. The van der Waals surface area contributed by atoms with E-state index in [0.717, 1.165) is 42.5 Å². The molecule has 140 valence electrons. The Morgan fingerprint density at radius 1 is 1.15 bits per heavy atom. The van der Waals surface area contributed by atoms with Crippen LogP contribution in [0.3, 0.4) is 0 Å². The lowest BCUT2D eigenvalue weighted by atomic mass is 9.96. The summed E-state index contributed by atoms with van der Waals surface area (Å²) in [5, 5.41) is 0. The molecule has 2 aromatic rings. The Kier molecular flexibility index (Phi) is 5.19. The minimum Gasteiger partial charge on any atom is -0.336 e. The highest BCUT2D eigenvalue weighted by molar-refractivity contribution is 5.98. The van der Waals surface area contributed by atoms with Gasteiger partial charge in [-0.15, -0.1) is 0 Å². The number of fused-ring (bicyclic) bond motifs is 1. The summed E-state index contributed by atoms with van der Waals surface area (Å²) in [5.41, 5.74) is 3.01. The van der Waals surface area contributed by atoms with E-state index in [4.69, 9.17) is 0 Å². The Morgan fingerprint density at radius 3 is 2.85 bits per heavy atom. The predicted octanol–water partition coefficient (Wildman–Crippen LogP) is 3.57. The first kappa shape index (κ1) is 17.7.